The van der Waals surface area contributed by atoms with E-state index < -0.39 is 12.1 Å². The minimum Gasteiger partial charge on any atom is -0.445 e. The van der Waals surface area contributed by atoms with Crippen molar-refractivity contribution in [2.45, 2.75) is 19.6 Å². The zero-order valence-corrected chi connectivity index (χ0v) is 21.5. The summed E-state index contributed by atoms with van der Waals surface area (Å²) in [7, 11) is 1.66. The quantitative estimate of drug-likeness (QED) is 0.310. The highest BCUT2D eigenvalue weighted by Crippen LogP contribution is 2.31. The fourth-order valence-corrected chi connectivity index (χ4v) is 4.14. The molecule has 1 atom stereocenters. The van der Waals surface area contributed by atoms with E-state index >= 15 is 0 Å². The number of anilines is 2. The van der Waals surface area contributed by atoms with E-state index in [2.05, 4.69) is 15.3 Å². The van der Waals surface area contributed by atoms with Crippen LogP contribution in [0.1, 0.15) is 34.7 Å². The summed E-state index contributed by atoms with van der Waals surface area (Å²) in [6.07, 6.45) is 4.48. The number of pyridine rings is 1. The number of ether oxygens (including phenoxy) is 1. The summed E-state index contributed by atoms with van der Waals surface area (Å²) >= 11 is 0. The first-order valence-electron chi connectivity index (χ1n) is 12.3. The highest BCUT2D eigenvalue weighted by atomic mass is 16.6. The van der Waals surface area contributed by atoms with E-state index in [0.29, 0.717) is 34.2 Å². The largest absolute Gasteiger partial charge is 0.445 e. The number of hydrogen-bond acceptors (Lipinski definition) is 7. The molecule has 0 aliphatic carbocycles. The number of aromatic nitrogens is 4. The molecule has 5 rings (SSSR count). The average molecular weight is 522 g/mol. The molecule has 5 aromatic rings. The maximum Gasteiger partial charge on any atom is 0.410 e. The first kappa shape index (κ1) is 25.4. The van der Waals surface area contributed by atoms with Crippen molar-refractivity contribution >= 4 is 29.2 Å². The van der Waals surface area contributed by atoms with Crippen molar-refractivity contribution in [1.82, 2.24) is 24.3 Å². The van der Waals surface area contributed by atoms with Gasteiger partial charge in [0.05, 0.1) is 6.04 Å². The Morgan fingerprint density at radius 3 is 2.46 bits per heavy atom. The molecule has 196 valence electrons. The van der Waals surface area contributed by atoms with Crippen LogP contribution in [-0.2, 0) is 11.3 Å². The second kappa shape index (κ2) is 11.0. The van der Waals surface area contributed by atoms with Gasteiger partial charge in [-0.3, -0.25) is 9.20 Å². The number of carbonyl (C=O) groups excluding carboxylic acids is 2. The normalized spacial score (nSPS) is 11.6. The van der Waals surface area contributed by atoms with Gasteiger partial charge in [0.25, 0.3) is 5.91 Å². The second-order valence-corrected chi connectivity index (χ2v) is 8.92. The van der Waals surface area contributed by atoms with E-state index in [1.54, 1.807) is 68.1 Å². The van der Waals surface area contributed by atoms with Gasteiger partial charge in [0, 0.05) is 36.8 Å². The van der Waals surface area contributed by atoms with Gasteiger partial charge in [0.1, 0.15) is 35.3 Å². The number of benzene rings is 2. The standard InChI is InChI=1S/C29H27N7O3/c1-19(35(2)29(38)39-18-20-8-4-3-5-9-20)27-34-24(25-26(30)32-16-17-36(25)27)21-11-13-22(14-12-21)28(37)33-23-10-6-7-15-31-23/h3-17,19H,18H2,1-2H3,(H2,30,32)(H,31,33,37). The lowest BCUT2D eigenvalue weighted by molar-refractivity contribution is 0.0920. The molecule has 0 aliphatic heterocycles. The first-order valence-corrected chi connectivity index (χ1v) is 12.3. The topological polar surface area (TPSA) is 128 Å². The molecule has 0 fully saturated rings. The molecule has 10 heteroatoms. The number of nitrogens with one attached hydrogen (secondary N) is 1. The molecule has 2 aromatic carbocycles. The highest BCUT2D eigenvalue weighted by Gasteiger charge is 2.26. The van der Waals surface area contributed by atoms with E-state index in [1.807, 2.05) is 41.7 Å². The van der Waals surface area contributed by atoms with Gasteiger partial charge in [0.15, 0.2) is 0 Å². The van der Waals surface area contributed by atoms with Crippen LogP contribution in [0.5, 0.6) is 0 Å². The highest BCUT2D eigenvalue weighted by molar-refractivity contribution is 6.04. The van der Waals surface area contributed by atoms with Crippen LogP contribution in [0, 0.1) is 0 Å². The Morgan fingerprint density at radius 2 is 1.74 bits per heavy atom. The summed E-state index contributed by atoms with van der Waals surface area (Å²) < 4.78 is 7.33. The number of carbonyl (C=O) groups is 2. The van der Waals surface area contributed by atoms with Gasteiger partial charge in [-0.05, 0) is 36.8 Å². The number of nitrogen functional groups attached to an aromatic ring is 1. The van der Waals surface area contributed by atoms with Gasteiger partial charge in [-0.1, -0.05) is 48.5 Å². The van der Waals surface area contributed by atoms with Gasteiger partial charge in [-0.15, -0.1) is 0 Å². The predicted octanol–water partition coefficient (Wildman–Crippen LogP) is 4.96. The lowest BCUT2D eigenvalue weighted by atomic mass is 10.1. The molecule has 3 heterocycles. The molecule has 3 aromatic heterocycles. The molecule has 0 spiro atoms. The number of fused-ring (bicyclic) bond motifs is 1. The maximum absolute atomic E-state index is 12.8. The Morgan fingerprint density at radius 1 is 1.00 bits per heavy atom. The third-order valence-corrected chi connectivity index (χ3v) is 6.39. The molecule has 0 saturated carbocycles. The molecule has 0 bridgehead atoms. The van der Waals surface area contributed by atoms with E-state index in [-0.39, 0.29) is 12.5 Å². The van der Waals surface area contributed by atoms with Gasteiger partial charge in [-0.25, -0.2) is 19.7 Å². The zero-order valence-electron chi connectivity index (χ0n) is 21.5. The van der Waals surface area contributed by atoms with Gasteiger partial charge >= 0.3 is 6.09 Å². The molecule has 0 aliphatic rings. The number of imidazole rings is 1. The Balaban J connectivity index is 1.39. The smallest absolute Gasteiger partial charge is 0.410 e. The molecular weight excluding hydrogens is 494 g/mol. The van der Waals surface area contributed by atoms with Crippen LogP contribution >= 0.6 is 0 Å². The molecule has 39 heavy (non-hydrogen) atoms. The molecule has 1 unspecified atom stereocenters. The number of nitrogens with zero attached hydrogens (tertiary/aromatic N) is 5. The number of amides is 2. The summed E-state index contributed by atoms with van der Waals surface area (Å²) in [5, 5.41) is 2.77. The van der Waals surface area contributed by atoms with Crippen molar-refractivity contribution in [1.29, 1.82) is 0 Å². The second-order valence-electron chi connectivity index (χ2n) is 8.92. The van der Waals surface area contributed by atoms with Crippen molar-refractivity contribution in [3.8, 4) is 11.3 Å². The Bertz CT molecular complexity index is 1600. The molecule has 3 N–H and O–H groups in total. The fraction of sp³-hybridized carbons (Fsp3) is 0.138. The zero-order chi connectivity index (χ0) is 27.4. The van der Waals surface area contributed by atoms with Crippen LogP contribution in [-0.4, -0.2) is 43.3 Å². The third-order valence-electron chi connectivity index (χ3n) is 6.39. The van der Waals surface area contributed by atoms with Crippen molar-refractivity contribution < 1.29 is 14.3 Å². The van der Waals surface area contributed by atoms with Crippen LogP contribution in [0.25, 0.3) is 16.8 Å². The van der Waals surface area contributed by atoms with Crippen molar-refractivity contribution in [3.05, 3.63) is 108 Å². The minimum absolute atomic E-state index is 0.168. The van der Waals surface area contributed by atoms with Crippen LogP contribution in [0.3, 0.4) is 0 Å². The molecular formula is C29H27N7O3. The van der Waals surface area contributed by atoms with Crippen molar-refractivity contribution in [3.63, 3.8) is 0 Å². The van der Waals surface area contributed by atoms with Crippen molar-refractivity contribution in [2.75, 3.05) is 18.1 Å². The van der Waals surface area contributed by atoms with Gasteiger partial charge in [0.2, 0.25) is 0 Å². The first-order chi connectivity index (χ1) is 18.9. The monoisotopic (exact) mass is 521 g/mol. The van der Waals surface area contributed by atoms with E-state index in [9.17, 15) is 9.59 Å². The van der Waals surface area contributed by atoms with E-state index in [4.69, 9.17) is 15.5 Å². The lowest BCUT2D eigenvalue weighted by Gasteiger charge is -2.23. The molecule has 10 nitrogen and oxygen atoms in total. The summed E-state index contributed by atoms with van der Waals surface area (Å²) in [4.78, 5) is 40.2. The summed E-state index contributed by atoms with van der Waals surface area (Å²) in [5.41, 5.74) is 9.58. The Kier molecular flexibility index (Phi) is 7.17. The predicted molar refractivity (Wildman–Crippen MR) is 148 cm³/mol. The Hall–Kier alpha value is -5.25. The van der Waals surface area contributed by atoms with E-state index in [0.717, 1.165) is 11.1 Å². The maximum atomic E-state index is 12.8. The number of rotatable bonds is 7. The summed E-state index contributed by atoms with van der Waals surface area (Å²) in [6, 6.07) is 21.4. The summed E-state index contributed by atoms with van der Waals surface area (Å²) in [5.74, 6) is 1.08. The van der Waals surface area contributed by atoms with Gasteiger partial charge in [-0.2, -0.15) is 0 Å². The van der Waals surface area contributed by atoms with Crippen LogP contribution < -0.4 is 11.1 Å². The van der Waals surface area contributed by atoms with Gasteiger partial charge < -0.3 is 20.7 Å². The van der Waals surface area contributed by atoms with E-state index in [1.165, 1.54) is 4.90 Å². The SMILES string of the molecule is CC(c1nc(-c2ccc(C(=O)Nc3ccccn3)cc2)c2c(N)nccn12)N(C)C(=O)OCc1ccccc1. The third kappa shape index (κ3) is 5.40. The van der Waals surface area contributed by atoms with Crippen LogP contribution in [0.15, 0.2) is 91.4 Å². The van der Waals surface area contributed by atoms with Crippen molar-refractivity contribution in [2.24, 2.45) is 0 Å². The summed E-state index contributed by atoms with van der Waals surface area (Å²) in [6.45, 7) is 2.03. The van der Waals surface area contributed by atoms with Crippen LogP contribution in [0.4, 0.5) is 16.4 Å². The lowest BCUT2D eigenvalue weighted by Crippen LogP contribution is -2.31. The Labute approximate surface area is 225 Å². The molecule has 0 saturated heterocycles. The minimum atomic E-state index is -0.477. The van der Waals surface area contributed by atoms with Crippen LogP contribution in [0.2, 0.25) is 0 Å². The molecule has 0 radical (unpaired) electrons. The molecule has 2 amide bonds. The average Bonchev–Trinajstić information content (AvgIpc) is 3.37. The fourth-order valence-electron chi connectivity index (χ4n) is 4.14. The number of hydrogen-bond donors (Lipinski definition) is 2. The number of nitrogens with two attached hydrogens (primary N) is 1.